The Morgan fingerprint density at radius 2 is 2.07 bits per heavy atom. The number of carbonyl (C=O) groups excluding carboxylic acids is 2. The molecule has 0 radical (unpaired) electrons. The third-order valence-corrected chi connectivity index (χ3v) is 5.27. The van der Waals surface area contributed by atoms with Crippen molar-refractivity contribution in [3.05, 3.63) is 47.3 Å². The van der Waals surface area contributed by atoms with Crippen molar-refractivity contribution in [3.8, 4) is 5.75 Å². The number of methoxy groups -OCH3 is 1. The van der Waals surface area contributed by atoms with Crippen LogP contribution in [0.4, 0.5) is 0 Å². The van der Waals surface area contributed by atoms with E-state index < -0.39 is 0 Å². The first-order chi connectivity index (χ1) is 13.5. The van der Waals surface area contributed by atoms with Gasteiger partial charge < -0.3 is 15.0 Å². The maximum absolute atomic E-state index is 12.6. The number of nitrogens with one attached hydrogen (secondary N) is 1. The number of hydrogen-bond donors (Lipinski definition) is 1. The second kappa shape index (κ2) is 8.91. The molecule has 1 aromatic carbocycles. The molecule has 0 bridgehead atoms. The molecule has 2 amide bonds. The average Bonchev–Trinajstić information content (AvgIpc) is 3.03. The van der Waals surface area contributed by atoms with Crippen LogP contribution in [0, 0.1) is 12.8 Å². The van der Waals surface area contributed by atoms with E-state index in [2.05, 4.69) is 10.4 Å². The van der Waals surface area contributed by atoms with Crippen LogP contribution < -0.4 is 10.1 Å². The minimum atomic E-state index is -0.162. The summed E-state index contributed by atoms with van der Waals surface area (Å²) in [6.45, 7) is 3.50. The van der Waals surface area contributed by atoms with E-state index >= 15 is 0 Å². The van der Waals surface area contributed by atoms with Gasteiger partial charge in [-0.25, -0.2) is 0 Å². The summed E-state index contributed by atoms with van der Waals surface area (Å²) in [6, 6.07) is 7.86. The molecule has 1 aliphatic rings. The van der Waals surface area contributed by atoms with Gasteiger partial charge in [0, 0.05) is 44.9 Å². The maximum atomic E-state index is 12.6. The van der Waals surface area contributed by atoms with E-state index in [-0.39, 0.29) is 17.7 Å². The minimum absolute atomic E-state index is 0.00482. The van der Waals surface area contributed by atoms with E-state index in [0.29, 0.717) is 32.5 Å². The molecule has 0 unspecified atom stereocenters. The minimum Gasteiger partial charge on any atom is -0.497 e. The highest BCUT2D eigenvalue weighted by Gasteiger charge is 2.29. The fourth-order valence-corrected chi connectivity index (χ4v) is 3.55. The summed E-state index contributed by atoms with van der Waals surface area (Å²) >= 11 is 0. The highest BCUT2D eigenvalue weighted by Crippen LogP contribution is 2.19. The summed E-state index contributed by atoms with van der Waals surface area (Å²) in [5, 5.41) is 7.29. The number of rotatable bonds is 7. The zero-order chi connectivity index (χ0) is 20.1. The second-order valence-corrected chi connectivity index (χ2v) is 7.30. The number of aromatic nitrogens is 2. The largest absolute Gasteiger partial charge is 0.497 e. The molecular weight excluding hydrogens is 356 g/mol. The van der Waals surface area contributed by atoms with Gasteiger partial charge in [0.15, 0.2) is 0 Å². The lowest BCUT2D eigenvalue weighted by Crippen LogP contribution is -2.46. The van der Waals surface area contributed by atoms with Crippen molar-refractivity contribution in [2.75, 3.05) is 20.2 Å². The summed E-state index contributed by atoms with van der Waals surface area (Å²) in [5.74, 6) is 0.787. The Labute approximate surface area is 165 Å². The van der Waals surface area contributed by atoms with Crippen LogP contribution >= 0.6 is 0 Å². The summed E-state index contributed by atoms with van der Waals surface area (Å²) in [5.41, 5.74) is 3.08. The Bertz CT molecular complexity index is 829. The molecule has 1 aromatic heterocycles. The van der Waals surface area contributed by atoms with E-state index in [1.165, 1.54) is 0 Å². The molecule has 28 heavy (non-hydrogen) atoms. The van der Waals surface area contributed by atoms with Gasteiger partial charge in [0.2, 0.25) is 11.8 Å². The number of amides is 2. The Balaban J connectivity index is 1.51. The molecule has 0 saturated carbocycles. The van der Waals surface area contributed by atoms with Crippen LogP contribution in [0.1, 0.15) is 29.7 Å². The number of likely N-dealkylation sites (tertiary alicyclic amines) is 1. The predicted octanol–water partition coefficient (Wildman–Crippen LogP) is 1.83. The predicted molar refractivity (Wildman–Crippen MR) is 106 cm³/mol. The van der Waals surface area contributed by atoms with Crippen LogP contribution in [-0.4, -0.2) is 46.7 Å². The third-order valence-electron chi connectivity index (χ3n) is 5.27. The van der Waals surface area contributed by atoms with E-state index in [0.717, 1.165) is 29.0 Å². The second-order valence-electron chi connectivity index (χ2n) is 7.30. The van der Waals surface area contributed by atoms with Crippen LogP contribution in [-0.2, 0) is 29.6 Å². The molecule has 150 valence electrons. The Hall–Kier alpha value is -2.83. The lowest BCUT2D eigenvalue weighted by Gasteiger charge is -2.32. The molecule has 1 N–H and O–H groups in total. The number of carbonyl (C=O) groups is 2. The maximum Gasteiger partial charge on any atom is 0.225 e. The first-order valence-electron chi connectivity index (χ1n) is 9.64. The van der Waals surface area contributed by atoms with E-state index in [1.54, 1.807) is 11.8 Å². The molecule has 1 atom stereocenters. The zero-order valence-electron chi connectivity index (χ0n) is 16.8. The molecule has 7 nitrogen and oxygen atoms in total. The Kier molecular flexibility index (Phi) is 6.34. The molecule has 1 fully saturated rings. The van der Waals surface area contributed by atoms with E-state index in [1.807, 2.05) is 49.3 Å². The average molecular weight is 384 g/mol. The normalized spacial score (nSPS) is 16.9. The van der Waals surface area contributed by atoms with Gasteiger partial charge in [-0.3, -0.25) is 14.3 Å². The summed E-state index contributed by atoms with van der Waals surface area (Å²) in [4.78, 5) is 26.7. The zero-order valence-corrected chi connectivity index (χ0v) is 16.8. The van der Waals surface area contributed by atoms with Crippen LogP contribution in [0.25, 0.3) is 0 Å². The molecule has 2 aromatic rings. The van der Waals surface area contributed by atoms with Gasteiger partial charge >= 0.3 is 0 Å². The van der Waals surface area contributed by atoms with Gasteiger partial charge in [0.05, 0.1) is 18.7 Å². The first-order valence-corrected chi connectivity index (χ1v) is 9.64. The van der Waals surface area contributed by atoms with Crippen molar-refractivity contribution in [2.45, 2.75) is 32.7 Å². The fraction of sp³-hybridized carbons (Fsp3) is 0.476. The SMILES string of the molecule is COc1ccc(CCN2C[C@H](C(=O)NCc3cn(C)nc3C)CCC2=O)cc1. The quantitative estimate of drug-likeness (QED) is 0.790. The molecule has 1 saturated heterocycles. The van der Waals surface area contributed by atoms with Crippen molar-refractivity contribution in [1.82, 2.24) is 20.0 Å². The van der Waals surface area contributed by atoms with Crippen LogP contribution in [0.2, 0.25) is 0 Å². The third kappa shape index (κ3) is 4.91. The summed E-state index contributed by atoms with van der Waals surface area (Å²) < 4.78 is 6.92. The van der Waals surface area contributed by atoms with Gasteiger partial charge in [-0.1, -0.05) is 12.1 Å². The standard InChI is InChI=1S/C21H28N4O3/c1-15-18(13-24(2)23-15)12-22-21(27)17-6-9-20(26)25(14-17)11-10-16-4-7-19(28-3)8-5-16/h4-5,7-8,13,17H,6,9-12,14H2,1-3H3,(H,22,27)/t17-/m1/s1. The topological polar surface area (TPSA) is 76.5 Å². The van der Waals surface area contributed by atoms with Gasteiger partial charge in [0.1, 0.15) is 5.75 Å². The number of piperidine rings is 1. The fourth-order valence-electron chi connectivity index (χ4n) is 3.55. The van der Waals surface area contributed by atoms with Crippen molar-refractivity contribution in [3.63, 3.8) is 0 Å². The Morgan fingerprint density at radius 1 is 1.32 bits per heavy atom. The van der Waals surface area contributed by atoms with Crippen molar-refractivity contribution in [1.29, 1.82) is 0 Å². The molecule has 3 rings (SSSR count). The lowest BCUT2D eigenvalue weighted by molar-refractivity contribution is -0.138. The summed E-state index contributed by atoms with van der Waals surface area (Å²) in [7, 11) is 3.51. The highest BCUT2D eigenvalue weighted by molar-refractivity contribution is 5.83. The number of ether oxygens (including phenoxy) is 1. The number of aryl methyl sites for hydroxylation is 2. The number of nitrogens with zero attached hydrogens (tertiary/aromatic N) is 3. The van der Waals surface area contributed by atoms with Crippen molar-refractivity contribution >= 4 is 11.8 Å². The van der Waals surface area contributed by atoms with Crippen LogP contribution in [0.3, 0.4) is 0 Å². The monoisotopic (exact) mass is 384 g/mol. The highest BCUT2D eigenvalue weighted by atomic mass is 16.5. The smallest absolute Gasteiger partial charge is 0.225 e. The van der Waals surface area contributed by atoms with Gasteiger partial charge in [-0.05, 0) is 37.5 Å². The number of benzene rings is 1. The summed E-state index contributed by atoms with van der Waals surface area (Å²) in [6.07, 6.45) is 3.71. The lowest BCUT2D eigenvalue weighted by atomic mass is 9.96. The molecular formula is C21H28N4O3. The van der Waals surface area contributed by atoms with Gasteiger partial charge in [-0.15, -0.1) is 0 Å². The van der Waals surface area contributed by atoms with Crippen LogP contribution in [0.5, 0.6) is 5.75 Å². The van der Waals surface area contributed by atoms with Gasteiger partial charge in [-0.2, -0.15) is 5.10 Å². The van der Waals surface area contributed by atoms with Gasteiger partial charge in [0.25, 0.3) is 0 Å². The first kappa shape index (κ1) is 19.9. The molecule has 7 heteroatoms. The molecule has 0 aliphatic carbocycles. The van der Waals surface area contributed by atoms with Crippen molar-refractivity contribution in [2.24, 2.45) is 13.0 Å². The van der Waals surface area contributed by atoms with E-state index in [4.69, 9.17) is 4.74 Å². The molecule has 0 spiro atoms. The van der Waals surface area contributed by atoms with Crippen molar-refractivity contribution < 1.29 is 14.3 Å². The molecule has 2 heterocycles. The molecule has 1 aliphatic heterocycles. The Morgan fingerprint density at radius 3 is 2.71 bits per heavy atom. The van der Waals surface area contributed by atoms with E-state index in [9.17, 15) is 9.59 Å². The van der Waals surface area contributed by atoms with Crippen LogP contribution in [0.15, 0.2) is 30.5 Å². The number of hydrogen-bond acceptors (Lipinski definition) is 4.